The fourth-order valence-electron chi connectivity index (χ4n) is 3.47. The molecule has 31 heavy (non-hydrogen) atoms. The number of carbonyl (C=O) groups is 1. The van der Waals surface area contributed by atoms with Crippen molar-refractivity contribution in [1.82, 2.24) is 15.2 Å². The SMILES string of the molecule is CCOc1cc([C@@H]2Oc3nc(SC)nnc3-c3ccccc3N2C(C)=O)ccc1OC. The van der Waals surface area contributed by atoms with E-state index in [1.165, 1.54) is 18.7 Å². The Kier molecular flexibility index (Phi) is 5.94. The quantitative estimate of drug-likeness (QED) is 0.550. The lowest BCUT2D eigenvalue weighted by Gasteiger charge is -2.30. The Bertz CT molecular complexity index is 1120. The average Bonchev–Trinajstić information content (AvgIpc) is 2.93. The lowest BCUT2D eigenvalue weighted by molar-refractivity contribution is -0.118. The Morgan fingerprint density at radius 2 is 2.00 bits per heavy atom. The number of fused-ring (bicyclic) bond motifs is 3. The average molecular weight is 439 g/mol. The van der Waals surface area contributed by atoms with E-state index >= 15 is 0 Å². The van der Waals surface area contributed by atoms with Gasteiger partial charge in [-0.1, -0.05) is 30.0 Å². The van der Waals surface area contributed by atoms with Crippen molar-refractivity contribution in [3.8, 4) is 28.6 Å². The molecular weight excluding hydrogens is 416 g/mol. The Morgan fingerprint density at radius 3 is 2.71 bits per heavy atom. The van der Waals surface area contributed by atoms with Gasteiger partial charge in [-0.25, -0.2) is 0 Å². The second-order valence-corrected chi connectivity index (χ2v) is 7.45. The molecular formula is C22H22N4O4S. The Hall–Kier alpha value is -3.33. The maximum Gasteiger partial charge on any atom is 0.247 e. The summed E-state index contributed by atoms with van der Waals surface area (Å²) >= 11 is 1.37. The van der Waals surface area contributed by atoms with Gasteiger partial charge in [0.15, 0.2) is 17.2 Å². The van der Waals surface area contributed by atoms with Crippen molar-refractivity contribution < 1.29 is 19.0 Å². The van der Waals surface area contributed by atoms with Crippen molar-refractivity contribution in [3.05, 3.63) is 48.0 Å². The minimum Gasteiger partial charge on any atom is -0.493 e. The summed E-state index contributed by atoms with van der Waals surface area (Å²) in [7, 11) is 1.58. The third-order valence-corrected chi connectivity index (χ3v) is 5.34. The van der Waals surface area contributed by atoms with Crippen LogP contribution in [0.25, 0.3) is 11.3 Å². The number of methoxy groups -OCH3 is 1. The van der Waals surface area contributed by atoms with E-state index in [0.29, 0.717) is 46.1 Å². The fourth-order valence-corrected chi connectivity index (χ4v) is 3.77. The third kappa shape index (κ3) is 3.88. The van der Waals surface area contributed by atoms with Crippen LogP contribution in [0, 0.1) is 0 Å². The number of hydrogen-bond donors (Lipinski definition) is 0. The first-order valence-corrected chi connectivity index (χ1v) is 10.9. The molecule has 2 heterocycles. The number of carbonyl (C=O) groups excluding carboxylic acids is 1. The van der Waals surface area contributed by atoms with Crippen LogP contribution < -0.4 is 19.1 Å². The lowest BCUT2D eigenvalue weighted by atomic mass is 10.1. The molecule has 0 unspecified atom stereocenters. The molecule has 0 bridgehead atoms. The molecule has 4 rings (SSSR count). The summed E-state index contributed by atoms with van der Waals surface area (Å²) in [6, 6.07) is 13.0. The van der Waals surface area contributed by atoms with Crippen LogP contribution >= 0.6 is 11.8 Å². The summed E-state index contributed by atoms with van der Waals surface area (Å²) in [5, 5.41) is 8.99. The van der Waals surface area contributed by atoms with Crippen LogP contribution in [0.2, 0.25) is 0 Å². The van der Waals surface area contributed by atoms with Gasteiger partial charge in [0.05, 0.1) is 19.4 Å². The van der Waals surface area contributed by atoms with E-state index in [4.69, 9.17) is 14.2 Å². The van der Waals surface area contributed by atoms with Crippen molar-refractivity contribution in [2.24, 2.45) is 0 Å². The van der Waals surface area contributed by atoms with Gasteiger partial charge in [-0.05, 0) is 37.4 Å². The van der Waals surface area contributed by atoms with E-state index < -0.39 is 6.23 Å². The van der Waals surface area contributed by atoms with E-state index in [1.54, 1.807) is 18.1 Å². The number of hydrogen-bond acceptors (Lipinski definition) is 8. The van der Waals surface area contributed by atoms with Crippen molar-refractivity contribution in [2.75, 3.05) is 24.9 Å². The van der Waals surface area contributed by atoms with E-state index in [-0.39, 0.29) is 5.91 Å². The number of amides is 1. The van der Waals surface area contributed by atoms with Gasteiger partial charge in [-0.15, -0.1) is 10.2 Å². The molecule has 0 radical (unpaired) electrons. The maximum atomic E-state index is 12.8. The molecule has 0 spiro atoms. The molecule has 0 aliphatic carbocycles. The van der Waals surface area contributed by atoms with E-state index in [2.05, 4.69) is 15.2 Å². The van der Waals surface area contributed by atoms with Crippen molar-refractivity contribution in [2.45, 2.75) is 25.2 Å². The topological polar surface area (TPSA) is 86.7 Å². The van der Waals surface area contributed by atoms with Crippen LogP contribution in [0.3, 0.4) is 0 Å². The molecule has 2 aromatic carbocycles. The number of para-hydroxylation sites is 1. The number of rotatable bonds is 5. The summed E-state index contributed by atoms with van der Waals surface area (Å²) < 4.78 is 17.5. The van der Waals surface area contributed by atoms with Crippen LogP contribution in [0.15, 0.2) is 47.6 Å². The normalized spacial score (nSPS) is 14.7. The Labute approximate surface area is 184 Å². The van der Waals surface area contributed by atoms with Crippen LogP contribution in [0.4, 0.5) is 5.69 Å². The third-order valence-electron chi connectivity index (χ3n) is 4.81. The zero-order valence-electron chi connectivity index (χ0n) is 17.7. The summed E-state index contributed by atoms with van der Waals surface area (Å²) in [5.74, 6) is 1.30. The number of thioether (sulfide) groups is 1. The molecule has 8 nitrogen and oxygen atoms in total. The standard InChI is InChI=1S/C22H22N4O4S/c1-5-29-18-12-14(10-11-17(18)28-3)21-26(13(2)27)16-9-7-6-8-15(16)19-20(30-21)23-22(31-4)25-24-19/h6-12,21H,5H2,1-4H3/t21-/m0/s1. The molecule has 3 aromatic rings. The van der Waals surface area contributed by atoms with Gasteiger partial charge in [0.1, 0.15) is 0 Å². The number of nitrogens with zero attached hydrogens (tertiary/aromatic N) is 4. The Balaban J connectivity index is 1.93. The molecule has 1 aromatic heterocycles. The molecule has 1 aliphatic rings. The van der Waals surface area contributed by atoms with Gasteiger partial charge in [0.25, 0.3) is 0 Å². The monoisotopic (exact) mass is 438 g/mol. The molecule has 1 aliphatic heterocycles. The highest BCUT2D eigenvalue weighted by Gasteiger charge is 2.35. The first kappa shape index (κ1) is 20.9. The smallest absolute Gasteiger partial charge is 0.247 e. The van der Waals surface area contributed by atoms with E-state index in [1.807, 2.05) is 49.6 Å². The van der Waals surface area contributed by atoms with Crippen molar-refractivity contribution in [1.29, 1.82) is 0 Å². The molecule has 9 heteroatoms. The van der Waals surface area contributed by atoms with Crippen LogP contribution in [-0.2, 0) is 4.79 Å². The minimum absolute atomic E-state index is 0.183. The first-order valence-electron chi connectivity index (χ1n) is 9.72. The first-order chi connectivity index (χ1) is 15.1. The molecule has 0 fully saturated rings. The van der Waals surface area contributed by atoms with Gasteiger partial charge >= 0.3 is 0 Å². The second-order valence-electron chi connectivity index (χ2n) is 6.67. The van der Waals surface area contributed by atoms with Crippen LogP contribution in [0.1, 0.15) is 25.6 Å². The predicted octanol–water partition coefficient (Wildman–Crippen LogP) is 4.11. The molecule has 160 valence electrons. The largest absolute Gasteiger partial charge is 0.493 e. The summed E-state index contributed by atoms with van der Waals surface area (Å²) in [5.41, 5.74) is 2.59. The number of benzene rings is 2. The summed E-state index contributed by atoms with van der Waals surface area (Å²) in [6.45, 7) is 3.87. The number of aromatic nitrogens is 3. The molecule has 1 amide bonds. The van der Waals surface area contributed by atoms with Crippen molar-refractivity contribution in [3.63, 3.8) is 0 Å². The van der Waals surface area contributed by atoms with Crippen LogP contribution in [-0.4, -0.2) is 41.1 Å². The van der Waals surface area contributed by atoms with Gasteiger partial charge < -0.3 is 14.2 Å². The number of ether oxygens (including phenoxy) is 3. The van der Waals surface area contributed by atoms with Gasteiger partial charge in [-0.2, -0.15) is 4.98 Å². The second kappa shape index (κ2) is 8.81. The molecule has 0 saturated heterocycles. The Morgan fingerprint density at radius 1 is 1.19 bits per heavy atom. The number of anilines is 1. The van der Waals surface area contributed by atoms with Gasteiger partial charge in [0, 0.05) is 18.1 Å². The minimum atomic E-state index is -0.781. The zero-order valence-corrected chi connectivity index (χ0v) is 18.5. The highest BCUT2D eigenvalue weighted by molar-refractivity contribution is 7.98. The highest BCUT2D eigenvalue weighted by Crippen LogP contribution is 2.44. The summed E-state index contributed by atoms with van der Waals surface area (Å²) in [6.07, 6.45) is 1.09. The lowest BCUT2D eigenvalue weighted by Crippen LogP contribution is -2.36. The summed E-state index contributed by atoms with van der Waals surface area (Å²) in [4.78, 5) is 19.0. The fraction of sp³-hybridized carbons (Fsp3) is 0.273. The highest BCUT2D eigenvalue weighted by atomic mass is 32.2. The van der Waals surface area contributed by atoms with Gasteiger partial charge in [-0.3, -0.25) is 9.69 Å². The molecule has 0 saturated carbocycles. The zero-order chi connectivity index (χ0) is 22.0. The van der Waals surface area contributed by atoms with Crippen molar-refractivity contribution >= 4 is 23.4 Å². The molecule has 0 N–H and O–H groups in total. The van der Waals surface area contributed by atoms with E-state index in [0.717, 1.165) is 5.56 Å². The molecule has 1 atom stereocenters. The predicted molar refractivity (Wildman–Crippen MR) is 118 cm³/mol. The maximum absolute atomic E-state index is 12.8. The van der Waals surface area contributed by atoms with E-state index in [9.17, 15) is 4.79 Å². The van der Waals surface area contributed by atoms with Crippen LogP contribution in [0.5, 0.6) is 17.4 Å². The van der Waals surface area contributed by atoms with Gasteiger partial charge in [0.2, 0.25) is 23.2 Å².